The van der Waals surface area contributed by atoms with Crippen molar-refractivity contribution < 1.29 is 32.4 Å². The summed E-state index contributed by atoms with van der Waals surface area (Å²) in [6.45, 7) is 16.1. The molecular formula is C40H69N5O7S. The van der Waals surface area contributed by atoms with Gasteiger partial charge >= 0.3 is 6.03 Å². The van der Waals surface area contributed by atoms with Crippen molar-refractivity contribution in [3.63, 3.8) is 0 Å². The molecule has 5 amide bonds. The predicted octanol–water partition coefficient (Wildman–Crippen LogP) is 5.18. The number of carbonyl (C=O) groups is 5. The number of amides is 5. The molecule has 13 heteroatoms. The summed E-state index contributed by atoms with van der Waals surface area (Å²) in [5.74, 6) is -2.40. The standard InChI is InChI=1S/C40H69N5O7S/c1-9-12-19-28(31(46)34(48)41-24-10-2)42-33(47)30-29-27(38(29,6)7)25-45(30)35(49)32(39(8)20-15-13-16-21-39)43-36(50)44-40(22-17-14-18-23-40)26-53(51,52)37(4,5)11-3/h27-30,32H,9-26H2,1-8H3,(H,41,48)(H,42,47)(H2,43,44,50)/t27-,28-,29-,30-,32+/m0/s1. The third-order valence-corrected chi connectivity index (χ3v) is 16.5. The van der Waals surface area contributed by atoms with Crippen LogP contribution in [-0.2, 0) is 29.0 Å². The quantitative estimate of drug-likeness (QED) is 0.148. The highest BCUT2D eigenvalue weighted by molar-refractivity contribution is 7.92. The molecule has 302 valence electrons. The molecule has 0 spiro atoms. The maximum atomic E-state index is 14.9. The molecule has 0 aromatic heterocycles. The van der Waals surface area contributed by atoms with E-state index in [9.17, 15) is 32.4 Å². The van der Waals surface area contributed by atoms with Crippen LogP contribution >= 0.6 is 0 Å². The van der Waals surface area contributed by atoms with E-state index in [1.54, 1.807) is 18.7 Å². The first-order valence-electron chi connectivity index (χ1n) is 20.5. The van der Waals surface area contributed by atoms with Gasteiger partial charge in [-0.1, -0.05) is 92.9 Å². The van der Waals surface area contributed by atoms with Gasteiger partial charge in [0, 0.05) is 13.1 Å². The van der Waals surface area contributed by atoms with E-state index in [4.69, 9.17) is 0 Å². The lowest BCUT2D eigenvalue weighted by Crippen LogP contribution is -2.65. The molecule has 4 fully saturated rings. The van der Waals surface area contributed by atoms with Crippen LogP contribution in [0.25, 0.3) is 0 Å². The minimum atomic E-state index is -3.58. The van der Waals surface area contributed by atoms with Gasteiger partial charge in [-0.05, 0) is 81.5 Å². The zero-order chi connectivity index (χ0) is 39.4. The smallest absolute Gasteiger partial charge is 0.315 e. The number of rotatable bonds is 17. The number of nitrogens with zero attached hydrogens (tertiary/aromatic N) is 1. The lowest BCUT2D eigenvalue weighted by Gasteiger charge is -2.44. The van der Waals surface area contributed by atoms with Crippen molar-refractivity contribution in [2.45, 2.75) is 180 Å². The Morgan fingerprint density at radius 2 is 1.45 bits per heavy atom. The van der Waals surface area contributed by atoms with E-state index < -0.39 is 67.3 Å². The Kier molecular flexibility index (Phi) is 13.8. The van der Waals surface area contributed by atoms with Crippen LogP contribution in [0.3, 0.4) is 0 Å². The van der Waals surface area contributed by atoms with E-state index >= 15 is 0 Å². The molecule has 4 aliphatic rings. The number of piperidine rings is 1. The van der Waals surface area contributed by atoms with Gasteiger partial charge in [-0.3, -0.25) is 19.2 Å². The fraction of sp³-hybridized carbons (Fsp3) is 0.875. The van der Waals surface area contributed by atoms with E-state index in [2.05, 4.69) is 35.1 Å². The molecule has 0 radical (unpaired) electrons. The minimum Gasteiger partial charge on any atom is -0.349 e. The molecule has 5 atom stereocenters. The molecule has 4 N–H and O–H groups in total. The van der Waals surface area contributed by atoms with E-state index in [-0.39, 0.29) is 28.9 Å². The van der Waals surface area contributed by atoms with Crippen LogP contribution in [0.5, 0.6) is 0 Å². The second-order valence-electron chi connectivity index (χ2n) is 18.2. The first-order chi connectivity index (χ1) is 24.8. The van der Waals surface area contributed by atoms with Gasteiger partial charge in [0.25, 0.3) is 5.91 Å². The van der Waals surface area contributed by atoms with Gasteiger partial charge in [-0.2, -0.15) is 0 Å². The fourth-order valence-electron chi connectivity index (χ4n) is 9.30. The van der Waals surface area contributed by atoms with Crippen molar-refractivity contribution in [3.05, 3.63) is 0 Å². The Hall–Kier alpha value is -2.70. The van der Waals surface area contributed by atoms with Crippen molar-refractivity contribution in [1.29, 1.82) is 0 Å². The highest BCUT2D eigenvalue weighted by Crippen LogP contribution is 2.65. The average Bonchev–Trinajstić information content (AvgIpc) is 3.41. The first kappa shape index (κ1) is 43.0. The molecule has 12 nitrogen and oxygen atoms in total. The number of Topliss-reactive ketones (excluding diaryl/α,β-unsaturated/α-hetero) is 1. The number of urea groups is 1. The first-order valence-corrected chi connectivity index (χ1v) is 22.2. The van der Waals surface area contributed by atoms with Gasteiger partial charge in [0.05, 0.1) is 22.1 Å². The number of nitrogens with one attached hydrogen (secondary N) is 4. The maximum Gasteiger partial charge on any atom is 0.315 e. The van der Waals surface area contributed by atoms with Crippen molar-refractivity contribution in [3.8, 4) is 0 Å². The van der Waals surface area contributed by atoms with E-state index in [1.807, 2.05) is 27.7 Å². The number of sulfone groups is 1. The number of unbranched alkanes of at least 4 members (excludes halogenated alkanes) is 1. The van der Waals surface area contributed by atoms with E-state index in [1.165, 1.54) is 0 Å². The second-order valence-corrected chi connectivity index (χ2v) is 20.8. The Morgan fingerprint density at radius 1 is 0.849 bits per heavy atom. The summed E-state index contributed by atoms with van der Waals surface area (Å²) in [4.78, 5) is 71.0. The van der Waals surface area contributed by atoms with Gasteiger partial charge in [0.2, 0.25) is 17.6 Å². The topological polar surface area (TPSA) is 171 Å². The Balaban J connectivity index is 1.62. The summed E-state index contributed by atoms with van der Waals surface area (Å²) >= 11 is 0. The number of likely N-dealkylation sites (tertiary alicyclic amines) is 1. The summed E-state index contributed by atoms with van der Waals surface area (Å²) in [5, 5.41) is 11.7. The summed E-state index contributed by atoms with van der Waals surface area (Å²) in [6.07, 6.45) is 10.8. The predicted molar refractivity (Wildman–Crippen MR) is 207 cm³/mol. The molecule has 0 bridgehead atoms. The lowest BCUT2D eigenvalue weighted by molar-refractivity contribution is -0.146. The Labute approximate surface area is 318 Å². The summed E-state index contributed by atoms with van der Waals surface area (Å²) in [6, 6.07) is -3.37. The van der Waals surface area contributed by atoms with Crippen LogP contribution in [0.4, 0.5) is 4.79 Å². The van der Waals surface area contributed by atoms with Crippen molar-refractivity contribution >= 4 is 39.4 Å². The van der Waals surface area contributed by atoms with Crippen molar-refractivity contribution in [2.75, 3.05) is 18.8 Å². The number of ketones is 1. The Morgan fingerprint density at radius 3 is 2.02 bits per heavy atom. The van der Waals surface area contributed by atoms with Crippen LogP contribution < -0.4 is 21.3 Å². The molecule has 1 aliphatic heterocycles. The second kappa shape index (κ2) is 17.0. The zero-order valence-electron chi connectivity index (χ0n) is 33.8. The van der Waals surface area contributed by atoms with Gasteiger partial charge in [0.15, 0.2) is 9.84 Å². The van der Waals surface area contributed by atoms with Crippen molar-refractivity contribution in [2.24, 2.45) is 22.7 Å². The molecule has 1 heterocycles. The summed E-state index contributed by atoms with van der Waals surface area (Å²) in [7, 11) is -3.58. The van der Waals surface area contributed by atoms with Crippen LogP contribution in [-0.4, -0.2) is 90.1 Å². The van der Waals surface area contributed by atoms with Crippen LogP contribution in [0.1, 0.15) is 152 Å². The molecule has 53 heavy (non-hydrogen) atoms. The highest BCUT2D eigenvalue weighted by Gasteiger charge is 2.70. The summed E-state index contributed by atoms with van der Waals surface area (Å²) < 4.78 is 26.4. The van der Waals surface area contributed by atoms with Gasteiger partial charge in [0.1, 0.15) is 12.1 Å². The summed E-state index contributed by atoms with van der Waals surface area (Å²) in [5.41, 5.74) is -1.72. The maximum absolute atomic E-state index is 14.9. The monoisotopic (exact) mass is 763 g/mol. The van der Waals surface area contributed by atoms with Crippen LogP contribution in [0.2, 0.25) is 0 Å². The molecule has 3 saturated carbocycles. The highest BCUT2D eigenvalue weighted by atomic mass is 32.2. The van der Waals surface area contributed by atoms with Crippen molar-refractivity contribution in [1.82, 2.24) is 26.2 Å². The number of fused-ring (bicyclic) bond motifs is 1. The van der Waals surface area contributed by atoms with Crippen LogP contribution in [0, 0.1) is 22.7 Å². The fourth-order valence-corrected chi connectivity index (χ4v) is 11.2. The van der Waals surface area contributed by atoms with E-state index in [0.717, 1.165) is 57.8 Å². The van der Waals surface area contributed by atoms with Gasteiger partial charge in [-0.15, -0.1) is 0 Å². The third-order valence-electron chi connectivity index (χ3n) is 13.6. The number of hydrogen-bond acceptors (Lipinski definition) is 7. The molecule has 1 saturated heterocycles. The molecule has 0 unspecified atom stereocenters. The number of carbonyl (C=O) groups excluding carboxylic acids is 5. The minimum absolute atomic E-state index is 0.0751. The van der Waals surface area contributed by atoms with E-state index in [0.29, 0.717) is 51.6 Å². The third kappa shape index (κ3) is 9.40. The normalized spacial score (nSPS) is 25.7. The molecule has 0 aromatic carbocycles. The zero-order valence-corrected chi connectivity index (χ0v) is 34.6. The average molecular weight is 764 g/mol. The van der Waals surface area contributed by atoms with Gasteiger partial charge < -0.3 is 26.2 Å². The van der Waals surface area contributed by atoms with Gasteiger partial charge in [-0.25, -0.2) is 13.2 Å². The molecule has 4 rings (SSSR count). The molecule has 0 aromatic rings. The molecular weight excluding hydrogens is 695 g/mol. The largest absolute Gasteiger partial charge is 0.349 e. The SMILES string of the molecule is CCCC[C@H](NC(=O)[C@@H]1[C@@H]2[C@H](CN1C(=O)[C@@H](NC(=O)NC1(CS(=O)(=O)C(C)(C)CC)CCCCC1)C1(C)CCCCC1)C2(C)C)C(=O)C(=O)NCCC. The Bertz CT molecular complexity index is 1460. The number of hydrogen-bond donors (Lipinski definition) is 4. The molecule has 3 aliphatic carbocycles. The van der Waals surface area contributed by atoms with Crippen LogP contribution in [0.15, 0.2) is 0 Å². The lowest BCUT2D eigenvalue weighted by atomic mass is 9.70.